The van der Waals surface area contributed by atoms with Crippen molar-refractivity contribution >= 4 is 11.9 Å². The van der Waals surface area contributed by atoms with Crippen LogP contribution in [0.3, 0.4) is 0 Å². The molecule has 1 amide bonds. The van der Waals surface area contributed by atoms with Gasteiger partial charge in [-0.3, -0.25) is 9.59 Å². The molecule has 0 aliphatic heterocycles. The lowest BCUT2D eigenvalue weighted by atomic mass is 10.0. The Kier molecular flexibility index (Phi) is 70.4. The van der Waals surface area contributed by atoms with Gasteiger partial charge < -0.3 is 20.3 Å². The highest BCUT2D eigenvalue weighted by molar-refractivity contribution is 5.76. The van der Waals surface area contributed by atoms with E-state index in [0.717, 1.165) is 51.4 Å². The first-order chi connectivity index (χ1) is 41.0. The lowest BCUT2D eigenvalue weighted by Gasteiger charge is -2.20. The molecular formula is C77H145NO5. The summed E-state index contributed by atoms with van der Waals surface area (Å²) in [5, 5.41) is 23.2. The number of carbonyl (C=O) groups excluding carboxylic acids is 2. The van der Waals surface area contributed by atoms with Crippen molar-refractivity contribution in [3.05, 3.63) is 48.6 Å². The third-order valence-corrected chi connectivity index (χ3v) is 17.3. The van der Waals surface area contributed by atoms with Crippen molar-refractivity contribution in [2.24, 2.45) is 0 Å². The second-order valence-electron chi connectivity index (χ2n) is 25.6. The number of nitrogens with one attached hydrogen (secondary N) is 1. The van der Waals surface area contributed by atoms with Crippen molar-refractivity contribution in [2.75, 3.05) is 13.2 Å². The number of esters is 1. The quantitative estimate of drug-likeness (QED) is 0.0320. The van der Waals surface area contributed by atoms with E-state index in [4.69, 9.17) is 4.74 Å². The van der Waals surface area contributed by atoms with Gasteiger partial charge >= 0.3 is 5.97 Å². The Morgan fingerprint density at radius 3 is 0.964 bits per heavy atom. The molecule has 0 fully saturated rings. The summed E-state index contributed by atoms with van der Waals surface area (Å²) in [5.41, 5.74) is 0. The Balaban J connectivity index is 3.39. The molecule has 0 spiro atoms. The maximum Gasteiger partial charge on any atom is 0.305 e. The number of rotatable bonds is 70. The van der Waals surface area contributed by atoms with Crippen LogP contribution in [-0.4, -0.2) is 47.4 Å². The molecule has 0 bridgehead atoms. The van der Waals surface area contributed by atoms with Crippen LogP contribution in [0.1, 0.15) is 406 Å². The van der Waals surface area contributed by atoms with Gasteiger partial charge in [-0.2, -0.15) is 0 Å². The molecule has 0 aromatic carbocycles. The molecule has 0 aliphatic carbocycles. The van der Waals surface area contributed by atoms with E-state index in [1.54, 1.807) is 6.08 Å². The Morgan fingerprint density at radius 2 is 0.614 bits per heavy atom. The van der Waals surface area contributed by atoms with Crippen LogP contribution in [0.4, 0.5) is 0 Å². The van der Waals surface area contributed by atoms with Crippen LogP contribution in [0, 0.1) is 0 Å². The highest BCUT2D eigenvalue weighted by atomic mass is 16.5. The van der Waals surface area contributed by atoms with Gasteiger partial charge in [0.25, 0.3) is 0 Å². The van der Waals surface area contributed by atoms with Crippen molar-refractivity contribution in [1.29, 1.82) is 0 Å². The van der Waals surface area contributed by atoms with E-state index < -0.39 is 12.1 Å². The molecule has 0 aromatic heterocycles. The minimum absolute atomic E-state index is 0.00751. The summed E-state index contributed by atoms with van der Waals surface area (Å²) >= 11 is 0. The fourth-order valence-corrected chi connectivity index (χ4v) is 11.6. The molecule has 0 aliphatic rings. The van der Waals surface area contributed by atoms with Gasteiger partial charge in [0.15, 0.2) is 0 Å². The number of carbonyl (C=O) groups is 2. The molecule has 6 nitrogen and oxygen atoms in total. The first-order valence-electron chi connectivity index (χ1n) is 37.4. The lowest BCUT2D eigenvalue weighted by molar-refractivity contribution is -0.143. The minimum Gasteiger partial charge on any atom is -0.466 e. The molecule has 0 rings (SSSR count). The molecule has 6 heteroatoms. The highest BCUT2D eigenvalue weighted by Crippen LogP contribution is 2.19. The average molecular weight is 1170 g/mol. The Morgan fingerprint density at radius 1 is 0.337 bits per heavy atom. The van der Waals surface area contributed by atoms with E-state index in [2.05, 4.69) is 55.6 Å². The standard InChI is InChI=1S/C77H145NO5/c1-3-5-7-9-11-13-15-16-17-18-40-43-46-50-53-57-61-65-69-75(80)74(73-79)78-76(81)70-66-62-58-54-51-47-44-41-38-36-34-32-30-28-26-24-22-20-19-21-23-25-27-29-31-33-35-37-39-42-45-48-52-56-60-64-68-72-83-77(82)71-67-63-59-55-49-14-12-10-8-6-4-2/h10,12,19,21,25,27,65,69,74-75,79-80H,3-9,11,13-18,20,22-24,26,28-64,66-68,70-73H2,1-2H3,(H,78,81)/b12-10-,21-19-,27-25-,69-65+. The highest BCUT2D eigenvalue weighted by Gasteiger charge is 2.18. The zero-order chi connectivity index (χ0) is 59.9. The summed E-state index contributed by atoms with van der Waals surface area (Å²) in [6.07, 6.45) is 95.1. The van der Waals surface area contributed by atoms with E-state index >= 15 is 0 Å². The first kappa shape index (κ1) is 80.8. The molecule has 3 N–H and O–H groups in total. The summed E-state index contributed by atoms with van der Waals surface area (Å²) in [7, 11) is 0. The molecule has 488 valence electrons. The average Bonchev–Trinajstić information content (AvgIpc) is 3.49. The molecule has 0 aromatic rings. The predicted molar refractivity (Wildman–Crippen MR) is 366 cm³/mol. The smallest absolute Gasteiger partial charge is 0.305 e. The van der Waals surface area contributed by atoms with Crippen molar-refractivity contribution in [3.63, 3.8) is 0 Å². The number of hydrogen-bond donors (Lipinski definition) is 3. The largest absolute Gasteiger partial charge is 0.466 e. The van der Waals surface area contributed by atoms with Crippen molar-refractivity contribution in [3.8, 4) is 0 Å². The van der Waals surface area contributed by atoms with E-state index in [0.29, 0.717) is 19.4 Å². The molecule has 83 heavy (non-hydrogen) atoms. The Hall–Kier alpha value is -2.18. The molecule has 0 radical (unpaired) electrons. The number of unbranched alkanes of at least 4 members (excludes halogenated alkanes) is 53. The summed E-state index contributed by atoms with van der Waals surface area (Å²) in [5.74, 6) is -0.0546. The fourth-order valence-electron chi connectivity index (χ4n) is 11.6. The first-order valence-corrected chi connectivity index (χ1v) is 37.4. The number of allylic oxidation sites excluding steroid dienone is 7. The summed E-state index contributed by atoms with van der Waals surface area (Å²) in [4.78, 5) is 24.5. The Bertz CT molecular complexity index is 1390. The van der Waals surface area contributed by atoms with Gasteiger partial charge in [-0.15, -0.1) is 0 Å². The van der Waals surface area contributed by atoms with Crippen LogP contribution in [-0.2, 0) is 14.3 Å². The van der Waals surface area contributed by atoms with Gasteiger partial charge in [-0.1, -0.05) is 358 Å². The monoisotopic (exact) mass is 1160 g/mol. The molecule has 2 unspecified atom stereocenters. The maximum absolute atomic E-state index is 12.5. The van der Waals surface area contributed by atoms with Gasteiger partial charge in [-0.05, 0) is 83.5 Å². The number of aliphatic hydroxyl groups excluding tert-OH is 2. The van der Waals surface area contributed by atoms with E-state index in [-0.39, 0.29) is 18.5 Å². The van der Waals surface area contributed by atoms with Crippen LogP contribution in [0.5, 0.6) is 0 Å². The van der Waals surface area contributed by atoms with Gasteiger partial charge in [0.05, 0.1) is 25.4 Å². The summed E-state index contributed by atoms with van der Waals surface area (Å²) < 4.78 is 5.47. The van der Waals surface area contributed by atoms with Crippen LogP contribution in [0.15, 0.2) is 48.6 Å². The molecule has 0 saturated carbocycles. The lowest BCUT2D eigenvalue weighted by Crippen LogP contribution is -2.45. The van der Waals surface area contributed by atoms with Gasteiger partial charge in [0.1, 0.15) is 0 Å². The summed E-state index contributed by atoms with van der Waals surface area (Å²) in [6.45, 7) is 4.90. The second kappa shape index (κ2) is 72.3. The van der Waals surface area contributed by atoms with E-state index in [1.807, 2.05) is 6.08 Å². The molecular weight excluding hydrogens is 1020 g/mol. The van der Waals surface area contributed by atoms with Gasteiger partial charge in [0, 0.05) is 12.8 Å². The second-order valence-corrected chi connectivity index (χ2v) is 25.6. The molecule has 0 saturated heterocycles. The van der Waals surface area contributed by atoms with Crippen molar-refractivity contribution < 1.29 is 24.5 Å². The van der Waals surface area contributed by atoms with Crippen molar-refractivity contribution in [1.82, 2.24) is 5.32 Å². The number of amides is 1. The topological polar surface area (TPSA) is 95.9 Å². The molecule has 0 heterocycles. The third-order valence-electron chi connectivity index (χ3n) is 17.3. The van der Waals surface area contributed by atoms with Gasteiger partial charge in [-0.25, -0.2) is 0 Å². The number of ether oxygens (including phenoxy) is 1. The fraction of sp³-hybridized carbons (Fsp3) is 0.870. The van der Waals surface area contributed by atoms with Gasteiger partial charge in [0.2, 0.25) is 5.91 Å². The van der Waals surface area contributed by atoms with E-state index in [9.17, 15) is 19.8 Å². The Labute approximate surface area is 518 Å². The zero-order valence-corrected chi connectivity index (χ0v) is 55.9. The van der Waals surface area contributed by atoms with Crippen LogP contribution in [0.25, 0.3) is 0 Å². The number of aliphatic hydroxyl groups is 2. The summed E-state index contributed by atoms with van der Waals surface area (Å²) in [6, 6.07) is -0.627. The zero-order valence-electron chi connectivity index (χ0n) is 55.9. The molecule has 2 atom stereocenters. The predicted octanol–water partition coefficient (Wildman–Crippen LogP) is 24.4. The third kappa shape index (κ3) is 68.8. The SMILES string of the molecule is CCCC/C=C\CCCCCCCC(=O)OCCCCCCCCCCCCCCC/C=C\C/C=C\CCCCCCCCCCCCCCCCCCCC(=O)NC(CO)C(O)/C=C/CCCCCCCCCCCCCCCCCC. The normalized spacial score (nSPS) is 12.8. The van der Waals surface area contributed by atoms with Crippen LogP contribution >= 0.6 is 0 Å². The maximum atomic E-state index is 12.5. The minimum atomic E-state index is -0.843. The van der Waals surface area contributed by atoms with E-state index in [1.165, 1.54) is 327 Å². The van der Waals surface area contributed by atoms with Crippen LogP contribution in [0.2, 0.25) is 0 Å². The number of hydrogen-bond acceptors (Lipinski definition) is 5. The van der Waals surface area contributed by atoms with Crippen molar-refractivity contribution in [2.45, 2.75) is 418 Å². The van der Waals surface area contributed by atoms with Crippen LogP contribution < -0.4 is 5.32 Å².